The molecule has 1 atom stereocenters. The number of nitrogens with one attached hydrogen (secondary N) is 1. The van der Waals surface area contributed by atoms with Crippen molar-refractivity contribution in [2.45, 2.75) is 19.9 Å². The lowest BCUT2D eigenvalue weighted by Gasteiger charge is -2.13. The average molecular weight is 305 g/mol. The SMILES string of the molecule is Cc1ccc(C(C)NCCOc2ccccc2C(=O)O)s1. The summed E-state index contributed by atoms with van der Waals surface area (Å²) < 4.78 is 5.55. The molecule has 0 radical (unpaired) electrons. The van der Waals surface area contributed by atoms with Crippen LogP contribution < -0.4 is 10.1 Å². The van der Waals surface area contributed by atoms with Crippen LogP contribution in [0.1, 0.15) is 33.1 Å². The number of aryl methyl sites for hydroxylation is 1. The van der Waals surface area contributed by atoms with Gasteiger partial charge in [0, 0.05) is 22.3 Å². The lowest BCUT2D eigenvalue weighted by Crippen LogP contribution is -2.24. The van der Waals surface area contributed by atoms with E-state index in [1.165, 1.54) is 9.75 Å². The second-order valence-corrected chi connectivity index (χ2v) is 6.09. The summed E-state index contributed by atoms with van der Waals surface area (Å²) in [6.07, 6.45) is 0. The van der Waals surface area contributed by atoms with Crippen LogP contribution >= 0.6 is 11.3 Å². The number of para-hydroxylation sites is 1. The molecule has 5 heteroatoms. The molecule has 21 heavy (non-hydrogen) atoms. The van der Waals surface area contributed by atoms with Gasteiger partial charge in [0.25, 0.3) is 0 Å². The van der Waals surface area contributed by atoms with Crippen molar-refractivity contribution in [1.29, 1.82) is 0 Å². The van der Waals surface area contributed by atoms with Gasteiger partial charge in [0.15, 0.2) is 0 Å². The fourth-order valence-corrected chi connectivity index (χ4v) is 2.90. The Bertz CT molecular complexity index is 609. The van der Waals surface area contributed by atoms with Gasteiger partial charge in [0.05, 0.1) is 0 Å². The van der Waals surface area contributed by atoms with Crippen molar-refractivity contribution in [2.24, 2.45) is 0 Å². The molecular weight excluding hydrogens is 286 g/mol. The number of carbonyl (C=O) groups is 1. The summed E-state index contributed by atoms with van der Waals surface area (Å²) in [6, 6.07) is 11.2. The molecule has 0 aliphatic heterocycles. The van der Waals surface area contributed by atoms with Gasteiger partial charge < -0.3 is 15.2 Å². The minimum atomic E-state index is -0.971. The van der Waals surface area contributed by atoms with E-state index in [9.17, 15) is 4.79 Å². The summed E-state index contributed by atoms with van der Waals surface area (Å²) >= 11 is 1.78. The highest BCUT2D eigenvalue weighted by Gasteiger charge is 2.10. The van der Waals surface area contributed by atoms with Crippen molar-refractivity contribution < 1.29 is 14.6 Å². The van der Waals surface area contributed by atoms with Crippen molar-refractivity contribution in [1.82, 2.24) is 5.32 Å². The van der Waals surface area contributed by atoms with Gasteiger partial charge in [-0.15, -0.1) is 11.3 Å². The van der Waals surface area contributed by atoms with Crippen LogP contribution in [0.15, 0.2) is 36.4 Å². The minimum absolute atomic E-state index is 0.194. The molecule has 1 aromatic heterocycles. The smallest absolute Gasteiger partial charge is 0.339 e. The normalized spacial score (nSPS) is 12.1. The second kappa shape index (κ2) is 7.24. The first-order valence-corrected chi connectivity index (χ1v) is 7.64. The summed E-state index contributed by atoms with van der Waals surface area (Å²) in [4.78, 5) is 13.6. The van der Waals surface area contributed by atoms with Crippen molar-refractivity contribution >= 4 is 17.3 Å². The molecular formula is C16H19NO3S. The maximum Gasteiger partial charge on any atom is 0.339 e. The Hall–Kier alpha value is -1.85. The van der Waals surface area contributed by atoms with Crippen LogP contribution in [0.25, 0.3) is 0 Å². The Balaban J connectivity index is 1.81. The molecule has 1 unspecified atom stereocenters. The Kier molecular flexibility index (Phi) is 5.36. The van der Waals surface area contributed by atoms with Crippen molar-refractivity contribution in [3.8, 4) is 5.75 Å². The van der Waals surface area contributed by atoms with Crippen LogP contribution in [0.3, 0.4) is 0 Å². The monoisotopic (exact) mass is 305 g/mol. The molecule has 0 amide bonds. The number of rotatable bonds is 7. The van der Waals surface area contributed by atoms with E-state index < -0.39 is 5.97 Å². The Labute approximate surface area is 128 Å². The summed E-state index contributed by atoms with van der Waals surface area (Å²) in [5.74, 6) is -0.563. The van der Waals surface area contributed by atoms with E-state index in [1.54, 1.807) is 35.6 Å². The Morgan fingerprint density at radius 1 is 1.33 bits per heavy atom. The number of carboxylic acid groups (broad SMARTS) is 1. The quantitative estimate of drug-likeness (QED) is 0.769. The minimum Gasteiger partial charge on any atom is -0.491 e. The summed E-state index contributed by atoms with van der Waals surface area (Å²) in [7, 11) is 0. The van der Waals surface area contributed by atoms with E-state index in [2.05, 4.69) is 31.3 Å². The van der Waals surface area contributed by atoms with Crippen molar-refractivity contribution in [3.63, 3.8) is 0 Å². The van der Waals surface area contributed by atoms with Gasteiger partial charge in [-0.2, -0.15) is 0 Å². The van der Waals surface area contributed by atoms with Gasteiger partial charge in [-0.05, 0) is 38.1 Å². The van der Waals surface area contributed by atoms with Crippen molar-refractivity contribution in [2.75, 3.05) is 13.2 Å². The van der Waals surface area contributed by atoms with Crippen LogP contribution in [0.2, 0.25) is 0 Å². The summed E-state index contributed by atoms with van der Waals surface area (Å²) in [6.45, 7) is 5.29. The highest BCUT2D eigenvalue weighted by molar-refractivity contribution is 7.12. The largest absolute Gasteiger partial charge is 0.491 e. The lowest BCUT2D eigenvalue weighted by atomic mass is 10.2. The molecule has 0 aliphatic carbocycles. The van der Waals surface area contributed by atoms with Crippen LogP contribution in [0, 0.1) is 6.92 Å². The number of ether oxygens (including phenoxy) is 1. The first kappa shape index (κ1) is 15.5. The molecule has 1 aromatic carbocycles. The highest BCUT2D eigenvalue weighted by Crippen LogP contribution is 2.22. The van der Waals surface area contributed by atoms with E-state index in [4.69, 9.17) is 9.84 Å². The molecule has 0 bridgehead atoms. The molecule has 2 aromatic rings. The molecule has 2 rings (SSSR count). The van der Waals surface area contributed by atoms with Crippen LogP contribution in [0.4, 0.5) is 0 Å². The standard InChI is InChI=1S/C16H19NO3S/c1-11-7-8-15(21-11)12(2)17-9-10-20-14-6-4-3-5-13(14)16(18)19/h3-8,12,17H,9-10H2,1-2H3,(H,18,19). The highest BCUT2D eigenvalue weighted by atomic mass is 32.1. The first-order chi connectivity index (χ1) is 10.1. The van der Waals surface area contributed by atoms with Gasteiger partial charge in [-0.25, -0.2) is 4.79 Å². The predicted octanol–water partition coefficient (Wildman–Crippen LogP) is 3.48. The Morgan fingerprint density at radius 2 is 2.10 bits per heavy atom. The van der Waals surface area contributed by atoms with E-state index in [0.29, 0.717) is 18.9 Å². The topological polar surface area (TPSA) is 58.6 Å². The zero-order valence-electron chi connectivity index (χ0n) is 12.1. The molecule has 4 nitrogen and oxygen atoms in total. The van der Waals surface area contributed by atoms with Gasteiger partial charge in [-0.3, -0.25) is 0 Å². The number of hydrogen-bond acceptors (Lipinski definition) is 4. The summed E-state index contributed by atoms with van der Waals surface area (Å²) in [5.41, 5.74) is 0.194. The number of hydrogen-bond donors (Lipinski definition) is 2. The second-order valence-electron chi connectivity index (χ2n) is 4.77. The van der Waals surface area contributed by atoms with Crippen LogP contribution in [-0.4, -0.2) is 24.2 Å². The van der Waals surface area contributed by atoms with E-state index in [1.807, 2.05) is 0 Å². The third-order valence-corrected chi connectivity index (χ3v) is 4.30. The van der Waals surface area contributed by atoms with Crippen LogP contribution in [0.5, 0.6) is 5.75 Å². The zero-order chi connectivity index (χ0) is 15.2. The van der Waals surface area contributed by atoms with E-state index >= 15 is 0 Å². The lowest BCUT2D eigenvalue weighted by molar-refractivity contribution is 0.0692. The molecule has 0 saturated heterocycles. The fourth-order valence-electron chi connectivity index (χ4n) is 1.99. The van der Waals surface area contributed by atoms with Crippen molar-refractivity contribution in [3.05, 3.63) is 51.7 Å². The maximum atomic E-state index is 11.1. The van der Waals surface area contributed by atoms with Gasteiger partial charge in [0.1, 0.15) is 17.9 Å². The van der Waals surface area contributed by atoms with E-state index in [-0.39, 0.29) is 11.6 Å². The number of aromatic carboxylic acids is 1. The number of benzene rings is 1. The Morgan fingerprint density at radius 3 is 2.76 bits per heavy atom. The third kappa shape index (κ3) is 4.31. The molecule has 2 N–H and O–H groups in total. The van der Waals surface area contributed by atoms with Gasteiger partial charge >= 0.3 is 5.97 Å². The molecule has 1 heterocycles. The fraction of sp³-hybridized carbons (Fsp3) is 0.312. The van der Waals surface area contributed by atoms with Crippen LogP contribution in [-0.2, 0) is 0 Å². The predicted molar refractivity (Wildman–Crippen MR) is 84.4 cm³/mol. The zero-order valence-corrected chi connectivity index (χ0v) is 12.9. The molecule has 0 aliphatic rings. The van der Waals surface area contributed by atoms with Gasteiger partial charge in [-0.1, -0.05) is 12.1 Å². The maximum absolute atomic E-state index is 11.1. The third-order valence-electron chi connectivity index (χ3n) is 3.12. The van der Waals surface area contributed by atoms with Gasteiger partial charge in [0.2, 0.25) is 0 Å². The first-order valence-electron chi connectivity index (χ1n) is 6.83. The summed E-state index contributed by atoms with van der Waals surface area (Å²) in [5, 5.41) is 12.4. The van der Waals surface area contributed by atoms with E-state index in [0.717, 1.165) is 0 Å². The molecule has 0 fully saturated rings. The molecule has 0 spiro atoms. The molecule has 0 saturated carbocycles. The average Bonchev–Trinajstić information content (AvgIpc) is 2.90. The number of carboxylic acids is 1. The number of thiophene rings is 1. The molecule has 112 valence electrons.